The SMILES string of the molecule is CCc1cc(C#Cc2sc(C)cc2CC)sc1C. The van der Waals surface area contributed by atoms with Crippen LogP contribution in [0.4, 0.5) is 0 Å². The van der Waals surface area contributed by atoms with Crippen molar-refractivity contribution in [2.45, 2.75) is 40.5 Å². The van der Waals surface area contributed by atoms with Crippen molar-refractivity contribution < 1.29 is 0 Å². The molecule has 18 heavy (non-hydrogen) atoms. The Bertz CT molecular complexity index is 603. The summed E-state index contributed by atoms with van der Waals surface area (Å²) < 4.78 is 0. The van der Waals surface area contributed by atoms with Crippen LogP contribution >= 0.6 is 22.7 Å². The zero-order chi connectivity index (χ0) is 13.1. The molecule has 0 spiro atoms. The Labute approximate surface area is 118 Å². The molecule has 2 aromatic heterocycles. The van der Waals surface area contributed by atoms with Crippen LogP contribution in [0.2, 0.25) is 0 Å². The predicted octanol–water partition coefficient (Wildman–Crippen LogP) is 4.95. The third kappa shape index (κ3) is 2.85. The van der Waals surface area contributed by atoms with E-state index in [4.69, 9.17) is 0 Å². The molecule has 2 heteroatoms. The van der Waals surface area contributed by atoms with E-state index in [0.717, 1.165) is 12.8 Å². The molecule has 0 unspecified atom stereocenters. The maximum atomic E-state index is 3.34. The van der Waals surface area contributed by atoms with Gasteiger partial charge in [-0.05, 0) is 61.8 Å². The van der Waals surface area contributed by atoms with Crippen LogP contribution in [0.5, 0.6) is 0 Å². The lowest BCUT2D eigenvalue weighted by molar-refractivity contribution is 1.13. The fourth-order valence-electron chi connectivity index (χ4n) is 1.99. The van der Waals surface area contributed by atoms with Gasteiger partial charge in [0.25, 0.3) is 0 Å². The Morgan fingerprint density at radius 1 is 0.944 bits per heavy atom. The zero-order valence-electron chi connectivity index (χ0n) is 11.4. The van der Waals surface area contributed by atoms with Crippen LogP contribution in [-0.4, -0.2) is 0 Å². The van der Waals surface area contributed by atoms with Gasteiger partial charge in [0.1, 0.15) is 0 Å². The molecule has 0 aliphatic heterocycles. The summed E-state index contributed by atoms with van der Waals surface area (Å²) in [6, 6.07) is 4.49. The maximum absolute atomic E-state index is 3.34. The van der Waals surface area contributed by atoms with Gasteiger partial charge in [0.05, 0.1) is 9.75 Å². The van der Waals surface area contributed by atoms with Crippen molar-refractivity contribution in [3.8, 4) is 11.8 Å². The molecule has 0 N–H and O–H groups in total. The van der Waals surface area contributed by atoms with Gasteiger partial charge >= 0.3 is 0 Å². The van der Waals surface area contributed by atoms with Gasteiger partial charge in [0.15, 0.2) is 0 Å². The van der Waals surface area contributed by atoms with E-state index in [1.54, 1.807) is 11.3 Å². The fourth-order valence-corrected chi connectivity index (χ4v) is 3.91. The van der Waals surface area contributed by atoms with E-state index in [1.165, 1.54) is 30.6 Å². The third-order valence-electron chi connectivity index (χ3n) is 3.01. The summed E-state index contributed by atoms with van der Waals surface area (Å²) in [6.45, 7) is 8.72. The summed E-state index contributed by atoms with van der Waals surface area (Å²) >= 11 is 3.62. The molecule has 0 aliphatic rings. The van der Waals surface area contributed by atoms with Gasteiger partial charge in [0.2, 0.25) is 0 Å². The monoisotopic (exact) mass is 274 g/mol. The van der Waals surface area contributed by atoms with E-state index in [1.807, 2.05) is 11.3 Å². The molecular formula is C16H18S2. The second-order valence-electron chi connectivity index (χ2n) is 4.36. The zero-order valence-corrected chi connectivity index (χ0v) is 13.0. The van der Waals surface area contributed by atoms with Crippen LogP contribution in [0.1, 0.15) is 44.5 Å². The standard InChI is InChI=1S/C16H18S2/c1-5-13-10-15(18-12(13)4)7-8-16-14(6-2)9-11(3)17-16/h9-10H,5-6H2,1-4H3. The summed E-state index contributed by atoms with van der Waals surface area (Å²) in [4.78, 5) is 5.18. The molecule has 0 fully saturated rings. The van der Waals surface area contributed by atoms with Crippen LogP contribution in [0.15, 0.2) is 12.1 Å². The van der Waals surface area contributed by atoms with Gasteiger partial charge < -0.3 is 0 Å². The van der Waals surface area contributed by atoms with E-state index in [-0.39, 0.29) is 0 Å². The number of aryl methyl sites for hydroxylation is 4. The van der Waals surface area contributed by atoms with E-state index in [9.17, 15) is 0 Å². The van der Waals surface area contributed by atoms with Crippen molar-refractivity contribution in [3.05, 3.63) is 42.8 Å². The minimum absolute atomic E-state index is 1.07. The Hall–Kier alpha value is -1.04. The first-order valence-corrected chi connectivity index (χ1v) is 7.98. The first kappa shape index (κ1) is 13.4. The number of thiophene rings is 2. The summed E-state index contributed by atoms with van der Waals surface area (Å²) in [7, 11) is 0. The van der Waals surface area contributed by atoms with Crippen LogP contribution < -0.4 is 0 Å². The van der Waals surface area contributed by atoms with Crippen LogP contribution in [0, 0.1) is 25.7 Å². The van der Waals surface area contributed by atoms with E-state index in [2.05, 4.69) is 51.7 Å². The van der Waals surface area contributed by atoms with Crippen molar-refractivity contribution in [2.24, 2.45) is 0 Å². The van der Waals surface area contributed by atoms with Crippen molar-refractivity contribution in [1.29, 1.82) is 0 Å². The smallest absolute Gasteiger partial charge is 0.0807 e. The molecule has 0 nitrogen and oxygen atoms in total. The molecular weight excluding hydrogens is 256 g/mol. The minimum Gasteiger partial charge on any atom is -0.132 e. The second kappa shape index (κ2) is 5.73. The van der Waals surface area contributed by atoms with E-state index in [0.29, 0.717) is 0 Å². The Morgan fingerprint density at radius 2 is 1.67 bits per heavy atom. The molecule has 2 rings (SSSR count). The molecule has 0 aromatic carbocycles. The number of hydrogen-bond acceptors (Lipinski definition) is 2. The summed E-state index contributed by atoms with van der Waals surface area (Å²) in [5.74, 6) is 6.67. The summed E-state index contributed by atoms with van der Waals surface area (Å²) in [5, 5.41) is 0. The Balaban J connectivity index is 2.30. The van der Waals surface area contributed by atoms with Crippen molar-refractivity contribution in [3.63, 3.8) is 0 Å². The molecule has 2 heterocycles. The van der Waals surface area contributed by atoms with Gasteiger partial charge in [-0.2, -0.15) is 0 Å². The lowest BCUT2D eigenvalue weighted by Crippen LogP contribution is -1.78. The molecule has 0 amide bonds. The topological polar surface area (TPSA) is 0 Å². The highest BCUT2D eigenvalue weighted by Crippen LogP contribution is 2.23. The molecule has 0 atom stereocenters. The van der Waals surface area contributed by atoms with Crippen LogP contribution in [0.3, 0.4) is 0 Å². The quantitative estimate of drug-likeness (QED) is 0.680. The second-order valence-corrected chi connectivity index (χ2v) is 6.87. The minimum atomic E-state index is 1.07. The highest BCUT2D eigenvalue weighted by molar-refractivity contribution is 7.13. The third-order valence-corrected chi connectivity index (χ3v) is 5.03. The van der Waals surface area contributed by atoms with Gasteiger partial charge in [-0.25, -0.2) is 0 Å². The highest BCUT2D eigenvalue weighted by atomic mass is 32.1. The number of rotatable bonds is 2. The van der Waals surface area contributed by atoms with Crippen molar-refractivity contribution in [1.82, 2.24) is 0 Å². The first-order chi connectivity index (χ1) is 8.63. The van der Waals surface area contributed by atoms with Gasteiger partial charge in [-0.15, -0.1) is 22.7 Å². The molecule has 2 aromatic rings. The normalized spacial score (nSPS) is 10.2. The maximum Gasteiger partial charge on any atom is 0.0807 e. The Kier molecular flexibility index (Phi) is 4.27. The summed E-state index contributed by atoms with van der Waals surface area (Å²) in [5.41, 5.74) is 2.82. The van der Waals surface area contributed by atoms with Crippen molar-refractivity contribution in [2.75, 3.05) is 0 Å². The molecule has 0 aliphatic carbocycles. The predicted molar refractivity (Wildman–Crippen MR) is 82.8 cm³/mol. The average Bonchev–Trinajstić information content (AvgIpc) is 2.89. The molecule has 0 radical (unpaired) electrons. The van der Waals surface area contributed by atoms with Crippen molar-refractivity contribution >= 4 is 22.7 Å². The highest BCUT2D eigenvalue weighted by Gasteiger charge is 2.03. The average molecular weight is 274 g/mol. The Morgan fingerprint density at radius 3 is 2.28 bits per heavy atom. The first-order valence-electron chi connectivity index (χ1n) is 6.34. The van der Waals surface area contributed by atoms with Crippen LogP contribution in [-0.2, 0) is 12.8 Å². The lowest BCUT2D eigenvalue weighted by Gasteiger charge is -1.89. The van der Waals surface area contributed by atoms with E-state index < -0.39 is 0 Å². The summed E-state index contributed by atoms with van der Waals surface area (Å²) in [6.07, 6.45) is 2.17. The molecule has 0 bridgehead atoms. The molecule has 0 saturated heterocycles. The largest absolute Gasteiger partial charge is 0.132 e. The molecule has 94 valence electrons. The number of hydrogen-bond donors (Lipinski definition) is 0. The fraction of sp³-hybridized carbons (Fsp3) is 0.375. The van der Waals surface area contributed by atoms with Gasteiger partial charge in [0, 0.05) is 9.75 Å². The van der Waals surface area contributed by atoms with Gasteiger partial charge in [-0.1, -0.05) is 13.8 Å². The van der Waals surface area contributed by atoms with E-state index >= 15 is 0 Å². The van der Waals surface area contributed by atoms with Gasteiger partial charge in [-0.3, -0.25) is 0 Å². The lowest BCUT2D eigenvalue weighted by atomic mass is 10.2. The molecule has 0 saturated carbocycles. The van der Waals surface area contributed by atoms with Crippen LogP contribution in [0.25, 0.3) is 0 Å².